The zero-order chi connectivity index (χ0) is 14.1. The Labute approximate surface area is 116 Å². The molecule has 0 spiro atoms. The third-order valence-electron chi connectivity index (χ3n) is 3.15. The van der Waals surface area contributed by atoms with Crippen LogP contribution in [0.25, 0.3) is 0 Å². The van der Waals surface area contributed by atoms with Crippen LogP contribution in [0.4, 0.5) is 0 Å². The van der Waals surface area contributed by atoms with E-state index in [1.807, 2.05) is 20.8 Å². The van der Waals surface area contributed by atoms with Gasteiger partial charge >= 0.3 is 5.97 Å². The van der Waals surface area contributed by atoms with Crippen LogP contribution in [0.5, 0.6) is 0 Å². The van der Waals surface area contributed by atoms with E-state index < -0.39 is 0 Å². The monoisotopic (exact) mass is 272 g/mol. The Morgan fingerprint density at radius 1 is 1.37 bits per heavy atom. The van der Waals surface area contributed by atoms with E-state index in [1.54, 1.807) is 0 Å². The molecule has 5 heteroatoms. The van der Waals surface area contributed by atoms with Crippen molar-refractivity contribution in [3.63, 3.8) is 0 Å². The van der Waals surface area contributed by atoms with Crippen molar-refractivity contribution in [2.24, 2.45) is 0 Å². The van der Waals surface area contributed by atoms with Crippen LogP contribution in [0.2, 0.25) is 0 Å². The summed E-state index contributed by atoms with van der Waals surface area (Å²) in [5.74, 6) is -0.137. The molecule has 1 fully saturated rings. The van der Waals surface area contributed by atoms with E-state index in [9.17, 15) is 4.79 Å². The first-order valence-electron chi connectivity index (χ1n) is 7.36. The Morgan fingerprint density at radius 2 is 2.16 bits per heavy atom. The van der Waals surface area contributed by atoms with E-state index in [4.69, 9.17) is 9.47 Å². The SMILES string of the molecule is CCOC(=O)C(CCN1CCCOCC1)NC(C)C. The quantitative estimate of drug-likeness (QED) is 0.702. The number of carbonyl (C=O) groups excluding carboxylic acids is 1. The van der Waals surface area contributed by atoms with Crippen LogP contribution in [0, 0.1) is 0 Å². The molecule has 1 unspecified atom stereocenters. The fourth-order valence-corrected chi connectivity index (χ4v) is 2.25. The number of carbonyl (C=O) groups is 1. The van der Waals surface area contributed by atoms with Gasteiger partial charge in [0.2, 0.25) is 0 Å². The van der Waals surface area contributed by atoms with E-state index in [-0.39, 0.29) is 18.1 Å². The van der Waals surface area contributed by atoms with Gasteiger partial charge in [0, 0.05) is 32.3 Å². The van der Waals surface area contributed by atoms with Gasteiger partial charge in [0.25, 0.3) is 0 Å². The second-order valence-electron chi connectivity index (χ2n) is 5.22. The third kappa shape index (κ3) is 6.89. The van der Waals surface area contributed by atoms with Crippen LogP contribution in [0.1, 0.15) is 33.6 Å². The largest absolute Gasteiger partial charge is 0.465 e. The standard InChI is InChI=1S/C14H28N2O3/c1-4-19-14(17)13(15-12(2)3)6-8-16-7-5-10-18-11-9-16/h12-13,15H,4-11H2,1-3H3. The van der Waals surface area contributed by atoms with E-state index >= 15 is 0 Å². The lowest BCUT2D eigenvalue weighted by Crippen LogP contribution is -2.44. The van der Waals surface area contributed by atoms with Gasteiger partial charge in [-0.1, -0.05) is 13.8 Å². The molecule has 1 atom stereocenters. The molecule has 0 aromatic rings. The fourth-order valence-electron chi connectivity index (χ4n) is 2.25. The van der Waals surface area contributed by atoms with Gasteiger partial charge in [-0.15, -0.1) is 0 Å². The molecule has 0 aromatic carbocycles. The lowest BCUT2D eigenvalue weighted by atomic mass is 10.1. The van der Waals surface area contributed by atoms with Gasteiger partial charge < -0.3 is 19.7 Å². The fraction of sp³-hybridized carbons (Fsp3) is 0.929. The first-order chi connectivity index (χ1) is 9.13. The number of nitrogens with one attached hydrogen (secondary N) is 1. The molecule has 1 saturated heterocycles. The first-order valence-corrected chi connectivity index (χ1v) is 7.36. The van der Waals surface area contributed by atoms with Crippen molar-refractivity contribution >= 4 is 5.97 Å². The molecular formula is C14H28N2O3. The second kappa shape index (κ2) is 9.28. The maximum Gasteiger partial charge on any atom is 0.323 e. The number of nitrogens with zero attached hydrogens (tertiary/aromatic N) is 1. The molecule has 1 aliphatic rings. The van der Waals surface area contributed by atoms with Gasteiger partial charge in [0.05, 0.1) is 13.2 Å². The maximum absolute atomic E-state index is 11.9. The average Bonchev–Trinajstić information content (AvgIpc) is 2.62. The lowest BCUT2D eigenvalue weighted by molar-refractivity contribution is -0.146. The number of rotatable bonds is 7. The molecule has 1 rings (SSSR count). The van der Waals surface area contributed by atoms with Crippen LogP contribution >= 0.6 is 0 Å². The van der Waals surface area contributed by atoms with Crippen molar-refractivity contribution in [3.8, 4) is 0 Å². The van der Waals surface area contributed by atoms with Crippen molar-refractivity contribution in [2.75, 3.05) is 39.5 Å². The molecule has 0 aliphatic carbocycles. The Morgan fingerprint density at radius 3 is 2.84 bits per heavy atom. The van der Waals surface area contributed by atoms with Gasteiger partial charge in [-0.05, 0) is 19.8 Å². The first kappa shape index (κ1) is 16.4. The Kier molecular flexibility index (Phi) is 8.02. The molecular weight excluding hydrogens is 244 g/mol. The molecule has 0 saturated carbocycles. The molecule has 1 aliphatic heterocycles. The predicted molar refractivity (Wildman–Crippen MR) is 75.2 cm³/mol. The number of ether oxygens (including phenoxy) is 2. The van der Waals surface area contributed by atoms with Crippen molar-refractivity contribution < 1.29 is 14.3 Å². The van der Waals surface area contributed by atoms with E-state index in [0.29, 0.717) is 6.61 Å². The summed E-state index contributed by atoms with van der Waals surface area (Å²) in [5.41, 5.74) is 0. The Bertz CT molecular complexity index is 251. The molecule has 1 N–H and O–H groups in total. The van der Waals surface area contributed by atoms with Crippen molar-refractivity contribution in [1.29, 1.82) is 0 Å². The minimum atomic E-state index is -0.205. The molecule has 0 amide bonds. The van der Waals surface area contributed by atoms with Gasteiger partial charge in [-0.3, -0.25) is 4.79 Å². The third-order valence-corrected chi connectivity index (χ3v) is 3.15. The lowest BCUT2D eigenvalue weighted by Gasteiger charge is -2.24. The highest BCUT2D eigenvalue weighted by Gasteiger charge is 2.21. The minimum Gasteiger partial charge on any atom is -0.465 e. The van der Waals surface area contributed by atoms with Gasteiger partial charge in [0.15, 0.2) is 0 Å². The highest BCUT2D eigenvalue weighted by molar-refractivity contribution is 5.75. The van der Waals surface area contributed by atoms with Crippen LogP contribution in [0.15, 0.2) is 0 Å². The average molecular weight is 272 g/mol. The van der Waals surface area contributed by atoms with E-state index in [0.717, 1.165) is 45.7 Å². The highest BCUT2D eigenvalue weighted by atomic mass is 16.5. The van der Waals surface area contributed by atoms with Crippen molar-refractivity contribution in [2.45, 2.75) is 45.7 Å². The summed E-state index contributed by atoms with van der Waals surface area (Å²) in [6.45, 7) is 10.9. The summed E-state index contributed by atoms with van der Waals surface area (Å²) in [7, 11) is 0. The normalized spacial score (nSPS) is 19.2. The van der Waals surface area contributed by atoms with Crippen molar-refractivity contribution in [1.82, 2.24) is 10.2 Å². The number of esters is 1. The highest BCUT2D eigenvalue weighted by Crippen LogP contribution is 2.04. The summed E-state index contributed by atoms with van der Waals surface area (Å²) in [6, 6.07) is 0.0750. The van der Waals surface area contributed by atoms with Crippen LogP contribution in [-0.2, 0) is 14.3 Å². The Hall–Kier alpha value is -0.650. The smallest absolute Gasteiger partial charge is 0.323 e. The van der Waals surface area contributed by atoms with E-state index in [2.05, 4.69) is 10.2 Å². The summed E-state index contributed by atoms with van der Waals surface area (Å²) in [4.78, 5) is 14.3. The van der Waals surface area contributed by atoms with Crippen LogP contribution < -0.4 is 5.32 Å². The Balaban J connectivity index is 2.39. The van der Waals surface area contributed by atoms with Crippen LogP contribution in [-0.4, -0.2) is 62.4 Å². The van der Waals surface area contributed by atoms with Gasteiger partial charge in [0.1, 0.15) is 6.04 Å². The summed E-state index contributed by atoms with van der Waals surface area (Å²) >= 11 is 0. The van der Waals surface area contributed by atoms with Crippen molar-refractivity contribution in [3.05, 3.63) is 0 Å². The van der Waals surface area contributed by atoms with E-state index in [1.165, 1.54) is 0 Å². The maximum atomic E-state index is 11.9. The molecule has 5 nitrogen and oxygen atoms in total. The minimum absolute atomic E-state index is 0.137. The summed E-state index contributed by atoms with van der Waals surface area (Å²) < 4.78 is 10.6. The molecule has 1 heterocycles. The van der Waals surface area contributed by atoms with Gasteiger partial charge in [-0.25, -0.2) is 0 Å². The molecule has 0 aromatic heterocycles. The number of hydrogen-bond donors (Lipinski definition) is 1. The topological polar surface area (TPSA) is 50.8 Å². The predicted octanol–water partition coefficient (Wildman–Crippen LogP) is 1.03. The molecule has 112 valence electrons. The number of hydrogen-bond acceptors (Lipinski definition) is 5. The van der Waals surface area contributed by atoms with Crippen LogP contribution in [0.3, 0.4) is 0 Å². The zero-order valence-electron chi connectivity index (χ0n) is 12.5. The summed E-state index contributed by atoms with van der Waals surface area (Å²) in [6.07, 6.45) is 1.86. The molecule has 0 bridgehead atoms. The second-order valence-corrected chi connectivity index (χ2v) is 5.22. The molecule has 19 heavy (non-hydrogen) atoms. The molecule has 0 radical (unpaired) electrons. The van der Waals surface area contributed by atoms with Gasteiger partial charge in [-0.2, -0.15) is 0 Å². The zero-order valence-corrected chi connectivity index (χ0v) is 12.5. The summed E-state index contributed by atoms with van der Waals surface area (Å²) in [5, 5.41) is 3.29.